The first kappa shape index (κ1) is 29.1. The molecule has 0 aliphatic carbocycles. The number of ether oxygens (including phenoxy) is 2. The van der Waals surface area contributed by atoms with Crippen molar-refractivity contribution in [2.24, 2.45) is 4.99 Å². The third-order valence-electron chi connectivity index (χ3n) is 7.94. The Morgan fingerprint density at radius 1 is 0.955 bits per heavy atom. The predicted octanol–water partition coefficient (Wildman–Crippen LogP) is 5.88. The maximum atomic E-state index is 14.1. The van der Waals surface area contributed by atoms with Gasteiger partial charge in [-0.05, 0) is 86.4 Å². The van der Waals surface area contributed by atoms with Crippen LogP contribution in [0.5, 0.6) is 5.75 Å². The number of hydrogen-bond acceptors (Lipinski definition) is 6. The Balaban J connectivity index is 1.44. The summed E-state index contributed by atoms with van der Waals surface area (Å²) in [5.41, 5.74) is 7.86. The van der Waals surface area contributed by atoms with Crippen LogP contribution in [0.2, 0.25) is 0 Å². The Morgan fingerprint density at radius 3 is 2.30 bits per heavy atom. The average Bonchev–Trinajstić information content (AvgIpc) is 3.50. The molecule has 2 aromatic heterocycles. The highest BCUT2D eigenvalue weighted by Crippen LogP contribution is 2.32. The molecule has 1 aliphatic heterocycles. The summed E-state index contributed by atoms with van der Waals surface area (Å²) in [6.07, 6.45) is 1.93. The van der Waals surface area contributed by atoms with E-state index in [9.17, 15) is 9.59 Å². The summed E-state index contributed by atoms with van der Waals surface area (Å²) >= 11 is 1.32. The van der Waals surface area contributed by atoms with Gasteiger partial charge in [-0.2, -0.15) is 0 Å². The van der Waals surface area contributed by atoms with Crippen LogP contribution in [0.25, 0.3) is 22.9 Å². The number of allylic oxidation sites excluding steroid dienone is 1. The minimum absolute atomic E-state index is 0.208. The number of thiazole rings is 1. The summed E-state index contributed by atoms with van der Waals surface area (Å²) in [6.45, 7) is 7.90. The molecule has 0 radical (unpaired) electrons. The molecule has 0 unspecified atom stereocenters. The summed E-state index contributed by atoms with van der Waals surface area (Å²) in [5.74, 6) is 0.204. The van der Waals surface area contributed by atoms with Crippen molar-refractivity contribution in [3.63, 3.8) is 0 Å². The molecule has 0 fully saturated rings. The number of carbonyl (C=O) groups is 1. The van der Waals surface area contributed by atoms with E-state index in [-0.39, 0.29) is 12.2 Å². The van der Waals surface area contributed by atoms with E-state index in [4.69, 9.17) is 14.5 Å². The van der Waals surface area contributed by atoms with Gasteiger partial charge in [-0.3, -0.25) is 9.36 Å². The average molecular weight is 604 g/mol. The highest BCUT2D eigenvalue weighted by molar-refractivity contribution is 7.07. The number of hydrogen-bond donors (Lipinski definition) is 0. The topological polar surface area (TPSA) is 74.8 Å². The van der Waals surface area contributed by atoms with Crippen LogP contribution in [0.1, 0.15) is 42.4 Å². The van der Waals surface area contributed by atoms with E-state index in [1.807, 2.05) is 48.5 Å². The highest BCUT2D eigenvalue weighted by atomic mass is 32.1. The van der Waals surface area contributed by atoms with Crippen LogP contribution in [-0.2, 0) is 9.53 Å². The number of methoxy groups -OCH3 is 1. The lowest BCUT2D eigenvalue weighted by molar-refractivity contribution is -0.139. The third-order valence-corrected chi connectivity index (χ3v) is 8.92. The van der Waals surface area contributed by atoms with Gasteiger partial charge in [0.2, 0.25) is 0 Å². The first-order valence-electron chi connectivity index (χ1n) is 14.5. The molecular weight excluding hydrogens is 570 g/mol. The Labute approximate surface area is 259 Å². The number of aromatic nitrogens is 2. The zero-order valence-electron chi connectivity index (χ0n) is 25.3. The van der Waals surface area contributed by atoms with Gasteiger partial charge < -0.3 is 14.0 Å². The molecule has 1 atom stereocenters. The lowest BCUT2D eigenvalue weighted by atomic mass is 9.96. The molecule has 0 N–H and O–H groups in total. The van der Waals surface area contributed by atoms with Crippen molar-refractivity contribution in [1.29, 1.82) is 0 Å². The van der Waals surface area contributed by atoms with Crippen LogP contribution in [0.4, 0.5) is 0 Å². The Bertz CT molecular complexity index is 2070. The van der Waals surface area contributed by atoms with Gasteiger partial charge in [-0.1, -0.05) is 65.9 Å². The van der Waals surface area contributed by atoms with Gasteiger partial charge in [-0.25, -0.2) is 9.79 Å². The largest absolute Gasteiger partial charge is 0.497 e. The molecule has 7 nitrogen and oxygen atoms in total. The number of fused-ring (bicyclic) bond motifs is 1. The molecule has 1 aliphatic rings. The van der Waals surface area contributed by atoms with E-state index >= 15 is 0 Å². The Kier molecular flexibility index (Phi) is 7.93. The summed E-state index contributed by atoms with van der Waals surface area (Å²) < 4.78 is 15.1. The normalized spacial score (nSPS) is 14.8. The van der Waals surface area contributed by atoms with Gasteiger partial charge in [0, 0.05) is 17.1 Å². The summed E-state index contributed by atoms with van der Waals surface area (Å²) in [4.78, 5) is 32.5. The molecule has 0 bridgehead atoms. The van der Waals surface area contributed by atoms with Crippen LogP contribution in [0, 0.1) is 13.8 Å². The second kappa shape index (κ2) is 12.0. The first-order valence-corrected chi connectivity index (χ1v) is 15.3. The Morgan fingerprint density at radius 2 is 1.64 bits per heavy atom. The maximum Gasteiger partial charge on any atom is 0.338 e. The molecule has 0 amide bonds. The van der Waals surface area contributed by atoms with Crippen molar-refractivity contribution in [1.82, 2.24) is 9.13 Å². The van der Waals surface area contributed by atoms with Gasteiger partial charge in [0.25, 0.3) is 5.56 Å². The molecular formula is C36H33N3O4S. The van der Waals surface area contributed by atoms with Gasteiger partial charge in [0.05, 0.1) is 35.6 Å². The van der Waals surface area contributed by atoms with Crippen LogP contribution in [-0.4, -0.2) is 28.8 Å². The standard InChI is InChI=1S/C36H33N3O4S/c1-6-43-35(41)32-23(3)37-36-39(33(32)27-14-18-30(42-5)19-15-27)34(40)31(44-36)21-28-20-22(2)38(24(28)4)29-16-12-26(13-17-29)25-10-8-7-9-11-25/h7-21,33H,6H2,1-5H3/b31-21-/t33-/m1/s1. The lowest BCUT2D eigenvalue weighted by Gasteiger charge is -2.24. The second-order valence-corrected chi connectivity index (χ2v) is 11.7. The SMILES string of the molecule is CCOC(=O)C1=C(C)N=c2s/c(=C\c3cc(C)n(-c4ccc(-c5ccccc5)cc4)c3C)c(=O)n2[C@@H]1c1ccc(OC)cc1. The van der Waals surface area contributed by atoms with Crippen molar-refractivity contribution in [2.45, 2.75) is 33.7 Å². The van der Waals surface area contributed by atoms with E-state index in [0.29, 0.717) is 26.4 Å². The van der Waals surface area contributed by atoms with E-state index in [1.54, 1.807) is 25.5 Å². The van der Waals surface area contributed by atoms with Crippen molar-refractivity contribution in [3.8, 4) is 22.6 Å². The smallest absolute Gasteiger partial charge is 0.338 e. The van der Waals surface area contributed by atoms with Crippen LogP contribution in [0.3, 0.4) is 0 Å². The van der Waals surface area contributed by atoms with E-state index in [2.05, 4.69) is 60.9 Å². The van der Waals surface area contributed by atoms with Crippen molar-refractivity contribution < 1.29 is 14.3 Å². The number of benzene rings is 3. The molecule has 44 heavy (non-hydrogen) atoms. The molecule has 0 saturated carbocycles. The van der Waals surface area contributed by atoms with Gasteiger partial charge in [0.1, 0.15) is 5.75 Å². The van der Waals surface area contributed by atoms with Crippen LogP contribution >= 0.6 is 11.3 Å². The molecule has 5 aromatic rings. The number of esters is 1. The third kappa shape index (κ3) is 5.22. The monoisotopic (exact) mass is 603 g/mol. The minimum Gasteiger partial charge on any atom is -0.497 e. The van der Waals surface area contributed by atoms with Gasteiger partial charge in [0.15, 0.2) is 4.80 Å². The second-order valence-electron chi connectivity index (χ2n) is 10.7. The molecule has 0 spiro atoms. The molecule has 3 heterocycles. The van der Waals surface area contributed by atoms with Crippen molar-refractivity contribution in [3.05, 3.63) is 138 Å². The van der Waals surface area contributed by atoms with Crippen molar-refractivity contribution in [2.75, 3.05) is 13.7 Å². The maximum absolute atomic E-state index is 14.1. The van der Waals surface area contributed by atoms with E-state index in [1.165, 1.54) is 16.9 Å². The number of rotatable bonds is 7. The van der Waals surface area contributed by atoms with Crippen LogP contribution in [0.15, 0.2) is 106 Å². The van der Waals surface area contributed by atoms with Gasteiger partial charge >= 0.3 is 5.97 Å². The summed E-state index contributed by atoms with van der Waals surface area (Å²) in [7, 11) is 1.60. The predicted molar refractivity (Wildman–Crippen MR) is 174 cm³/mol. The number of aryl methyl sites for hydroxylation is 1. The molecule has 222 valence electrons. The van der Waals surface area contributed by atoms with Crippen LogP contribution < -0.4 is 19.6 Å². The molecule has 6 rings (SSSR count). The zero-order chi connectivity index (χ0) is 31.0. The molecule has 8 heteroatoms. The van der Waals surface area contributed by atoms with Crippen molar-refractivity contribution >= 4 is 23.4 Å². The molecule has 3 aromatic carbocycles. The zero-order valence-corrected chi connectivity index (χ0v) is 26.1. The number of nitrogens with zero attached hydrogens (tertiary/aromatic N) is 3. The minimum atomic E-state index is -0.672. The fourth-order valence-electron chi connectivity index (χ4n) is 5.80. The fraction of sp³-hybridized carbons (Fsp3) is 0.194. The quantitative estimate of drug-likeness (QED) is 0.218. The van der Waals surface area contributed by atoms with Gasteiger partial charge in [-0.15, -0.1) is 0 Å². The van der Waals surface area contributed by atoms with E-state index in [0.717, 1.165) is 33.8 Å². The van der Waals surface area contributed by atoms with E-state index < -0.39 is 12.0 Å². The summed E-state index contributed by atoms with van der Waals surface area (Å²) in [5, 5.41) is 0. The lowest BCUT2D eigenvalue weighted by Crippen LogP contribution is -2.39. The summed E-state index contributed by atoms with van der Waals surface area (Å²) in [6, 6.07) is 27.6. The highest BCUT2D eigenvalue weighted by Gasteiger charge is 2.33. The first-order chi connectivity index (χ1) is 21.3. The number of carbonyl (C=O) groups excluding carboxylic acids is 1. The fourth-order valence-corrected chi connectivity index (χ4v) is 6.84. The molecule has 0 saturated heterocycles. The Hall–Kier alpha value is -4.95.